The molecular formula is C36H43FO2. The standard InChI is InChI=1S/C36H43FO2/c1-3-5-9-27-12-18-30(19-13-27)31-20-14-28(15-21-31)10-6-7-11-29-16-22-33(23-17-29)36(38)39-34-25-24-32(8-4-2)35(37)26-34/h6-7,14-17,20-27,30H,3-5,8-13,18-19H2,1-2H3. The van der Waals surface area contributed by atoms with Gasteiger partial charge in [-0.2, -0.15) is 0 Å². The van der Waals surface area contributed by atoms with Crippen LogP contribution in [0.15, 0.2) is 78.9 Å². The van der Waals surface area contributed by atoms with Crippen LogP contribution in [-0.2, 0) is 19.3 Å². The van der Waals surface area contributed by atoms with E-state index in [-0.39, 0.29) is 11.6 Å². The Balaban J connectivity index is 1.21. The van der Waals surface area contributed by atoms with Crippen molar-refractivity contribution in [1.82, 2.24) is 0 Å². The second kappa shape index (κ2) is 14.8. The zero-order valence-corrected chi connectivity index (χ0v) is 23.6. The Hall–Kier alpha value is -3.20. The van der Waals surface area contributed by atoms with E-state index in [1.54, 1.807) is 24.3 Å². The maximum atomic E-state index is 14.1. The van der Waals surface area contributed by atoms with Gasteiger partial charge >= 0.3 is 5.97 Å². The summed E-state index contributed by atoms with van der Waals surface area (Å²) in [5.74, 6) is 1.11. The average molecular weight is 527 g/mol. The molecule has 2 nitrogen and oxygen atoms in total. The van der Waals surface area contributed by atoms with Crippen LogP contribution in [0, 0.1) is 11.7 Å². The Morgan fingerprint density at radius 2 is 1.49 bits per heavy atom. The van der Waals surface area contributed by atoms with Gasteiger partial charge in [0.25, 0.3) is 0 Å². The number of benzene rings is 3. The van der Waals surface area contributed by atoms with Crippen molar-refractivity contribution >= 4 is 5.97 Å². The fourth-order valence-corrected chi connectivity index (χ4v) is 5.65. The van der Waals surface area contributed by atoms with E-state index in [1.807, 2.05) is 19.1 Å². The number of aryl methyl sites for hydroxylation is 1. The van der Waals surface area contributed by atoms with Gasteiger partial charge in [-0.3, -0.25) is 0 Å². The molecule has 0 atom stereocenters. The van der Waals surface area contributed by atoms with Gasteiger partial charge in [0.1, 0.15) is 11.6 Å². The van der Waals surface area contributed by atoms with Gasteiger partial charge in [0.05, 0.1) is 5.56 Å². The van der Waals surface area contributed by atoms with Crippen molar-refractivity contribution in [3.8, 4) is 5.75 Å². The summed E-state index contributed by atoms with van der Waals surface area (Å²) in [6.07, 6.45) is 17.2. The van der Waals surface area contributed by atoms with E-state index in [1.165, 1.54) is 62.1 Å². The Bertz CT molecular complexity index is 1200. The van der Waals surface area contributed by atoms with Crippen molar-refractivity contribution in [2.75, 3.05) is 0 Å². The molecule has 1 aliphatic rings. The van der Waals surface area contributed by atoms with Crippen molar-refractivity contribution in [3.63, 3.8) is 0 Å². The van der Waals surface area contributed by atoms with Gasteiger partial charge in [-0.1, -0.05) is 94.1 Å². The maximum absolute atomic E-state index is 14.1. The van der Waals surface area contributed by atoms with Crippen LogP contribution < -0.4 is 4.74 Å². The lowest BCUT2D eigenvalue weighted by Crippen LogP contribution is -2.13. The van der Waals surface area contributed by atoms with Crippen LogP contribution in [0.4, 0.5) is 4.39 Å². The van der Waals surface area contributed by atoms with Gasteiger partial charge in [0.15, 0.2) is 0 Å². The molecule has 0 amide bonds. The minimum absolute atomic E-state index is 0.229. The number of halogens is 1. The van der Waals surface area contributed by atoms with Gasteiger partial charge in [-0.15, -0.1) is 0 Å². The summed E-state index contributed by atoms with van der Waals surface area (Å²) in [6.45, 7) is 4.30. The molecule has 39 heavy (non-hydrogen) atoms. The quantitative estimate of drug-likeness (QED) is 0.133. The van der Waals surface area contributed by atoms with Crippen molar-refractivity contribution in [1.29, 1.82) is 0 Å². The third-order valence-electron chi connectivity index (χ3n) is 8.08. The van der Waals surface area contributed by atoms with E-state index in [0.29, 0.717) is 17.5 Å². The highest BCUT2D eigenvalue weighted by Gasteiger charge is 2.21. The molecule has 0 bridgehead atoms. The molecule has 1 saturated carbocycles. The molecule has 0 radical (unpaired) electrons. The number of rotatable bonds is 12. The van der Waals surface area contributed by atoms with E-state index >= 15 is 0 Å². The molecule has 1 fully saturated rings. The average Bonchev–Trinajstić information content (AvgIpc) is 2.96. The normalized spacial score (nSPS) is 17.4. The number of hydrogen-bond donors (Lipinski definition) is 0. The molecule has 1 aliphatic carbocycles. The zero-order valence-electron chi connectivity index (χ0n) is 23.6. The second-order valence-electron chi connectivity index (χ2n) is 11.1. The molecule has 3 aromatic rings. The van der Waals surface area contributed by atoms with Gasteiger partial charge in [0.2, 0.25) is 0 Å². The summed E-state index contributed by atoms with van der Waals surface area (Å²) >= 11 is 0. The third-order valence-corrected chi connectivity index (χ3v) is 8.08. The Morgan fingerprint density at radius 1 is 0.846 bits per heavy atom. The van der Waals surface area contributed by atoms with Crippen LogP contribution in [0.1, 0.15) is 104 Å². The van der Waals surface area contributed by atoms with E-state index in [4.69, 9.17) is 4.74 Å². The first kappa shape index (κ1) is 28.8. The number of unbranched alkanes of at least 4 members (excludes halogenated alkanes) is 1. The number of carbonyl (C=O) groups is 1. The number of carbonyl (C=O) groups excluding carboxylic acids is 1. The number of esters is 1. The first-order valence-corrected chi connectivity index (χ1v) is 14.9. The summed E-state index contributed by atoms with van der Waals surface area (Å²) in [6, 6.07) is 21.3. The Labute approximate surface area is 234 Å². The van der Waals surface area contributed by atoms with Crippen molar-refractivity contribution < 1.29 is 13.9 Å². The molecule has 0 aromatic heterocycles. The predicted molar refractivity (Wildman–Crippen MR) is 159 cm³/mol. The van der Waals surface area contributed by atoms with E-state index in [2.05, 4.69) is 43.3 Å². The van der Waals surface area contributed by atoms with Crippen LogP contribution >= 0.6 is 0 Å². The Kier molecular flexibility index (Phi) is 10.9. The van der Waals surface area contributed by atoms with E-state index in [9.17, 15) is 9.18 Å². The molecule has 0 N–H and O–H groups in total. The number of allylic oxidation sites excluding steroid dienone is 2. The molecule has 4 rings (SSSR count). The summed E-state index contributed by atoms with van der Waals surface area (Å²) in [4.78, 5) is 12.5. The van der Waals surface area contributed by atoms with Gasteiger partial charge < -0.3 is 4.74 Å². The summed E-state index contributed by atoms with van der Waals surface area (Å²) < 4.78 is 19.5. The summed E-state index contributed by atoms with van der Waals surface area (Å²) in [5.41, 5.74) is 5.07. The predicted octanol–water partition coefficient (Wildman–Crippen LogP) is 9.80. The summed E-state index contributed by atoms with van der Waals surface area (Å²) in [5, 5.41) is 0. The van der Waals surface area contributed by atoms with E-state index in [0.717, 1.165) is 36.7 Å². The first-order valence-electron chi connectivity index (χ1n) is 14.9. The van der Waals surface area contributed by atoms with Crippen molar-refractivity contribution in [2.45, 2.75) is 90.4 Å². The molecule has 0 unspecified atom stereocenters. The largest absolute Gasteiger partial charge is 0.423 e. The van der Waals surface area contributed by atoms with Crippen molar-refractivity contribution in [2.24, 2.45) is 5.92 Å². The van der Waals surface area contributed by atoms with Crippen LogP contribution in [0.25, 0.3) is 0 Å². The lowest BCUT2D eigenvalue weighted by Gasteiger charge is -2.29. The monoisotopic (exact) mass is 526 g/mol. The SMILES string of the molecule is CCCCC1CCC(c2ccc(CC=CCc3ccc(C(=O)Oc4ccc(CCC)c(F)c4)cc3)cc2)CC1. The topological polar surface area (TPSA) is 26.3 Å². The van der Waals surface area contributed by atoms with Gasteiger partial charge in [0, 0.05) is 6.07 Å². The van der Waals surface area contributed by atoms with Crippen LogP contribution in [0.3, 0.4) is 0 Å². The fraction of sp³-hybridized carbons (Fsp3) is 0.417. The van der Waals surface area contributed by atoms with Gasteiger partial charge in [-0.05, 0) is 97.2 Å². The Morgan fingerprint density at radius 3 is 2.08 bits per heavy atom. The molecule has 0 heterocycles. The number of ether oxygens (including phenoxy) is 1. The van der Waals surface area contributed by atoms with Gasteiger partial charge in [-0.25, -0.2) is 9.18 Å². The van der Waals surface area contributed by atoms with Crippen LogP contribution in [-0.4, -0.2) is 5.97 Å². The molecule has 206 valence electrons. The second-order valence-corrected chi connectivity index (χ2v) is 11.1. The number of hydrogen-bond acceptors (Lipinski definition) is 2. The molecule has 0 saturated heterocycles. The minimum Gasteiger partial charge on any atom is -0.423 e. The van der Waals surface area contributed by atoms with E-state index < -0.39 is 5.97 Å². The highest BCUT2D eigenvalue weighted by atomic mass is 19.1. The molecule has 3 aromatic carbocycles. The van der Waals surface area contributed by atoms with Crippen LogP contribution in [0.2, 0.25) is 0 Å². The molecular weight excluding hydrogens is 483 g/mol. The van der Waals surface area contributed by atoms with Crippen LogP contribution in [0.5, 0.6) is 5.75 Å². The zero-order chi connectivity index (χ0) is 27.5. The minimum atomic E-state index is -0.479. The maximum Gasteiger partial charge on any atom is 0.343 e. The lowest BCUT2D eigenvalue weighted by atomic mass is 9.77. The highest BCUT2D eigenvalue weighted by molar-refractivity contribution is 5.91. The molecule has 0 aliphatic heterocycles. The smallest absolute Gasteiger partial charge is 0.343 e. The summed E-state index contributed by atoms with van der Waals surface area (Å²) in [7, 11) is 0. The lowest BCUT2D eigenvalue weighted by molar-refractivity contribution is 0.0734. The molecule has 3 heteroatoms. The third kappa shape index (κ3) is 8.65. The van der Waals surface area contributed by atoms with Crippen molar-refractivity contribution in [3.05, 3.63) is 113 Å². The fourth-order valence-electron chi connectivity index (χ4n) is 5.65. The molecule has 0 spiro atoms. The highest BCUT2D eigenvalue weighted by Crippen LogP contribution is 2.37. The first-order chi connectivity index (χ1) is 19.1.